The fourth-order valence-corrected chi connectivity index (χ4v) is 4.73. The third kappa shape index (κ3) is 3.22. The first kappa shape index (κ1) is 18.4. The van der Waals surface area contributed by atoms with Gasteiger partial charge in [0.25, 0.3) is 11.8 Å². The van der Waals surface area contributed by atoms with E-state index in [0.717, 1.165) is 5.56 Å². The van der Waals surface area contributed by atoms with Crippen LogP contribution in [0.15, 0.2) is 73.2 Å². The summed E-state index contributed by atoms with van der Waals surface area (Å²) < 4.78 is 0. The van der Waals surface area contributed by atoms with Crippen molar-refractivity contribution in [2.24, 2.45) is 11.8 Å². The molecule has 150 valence electrons. The summed E-state index contributed by atoms with van der Waals surface area (Å²) in [6.07, 6.45) is 4.68. The van der Waals surface area contributed by atoms with Crippen molar-refractivity contribution in [1.82, 2.24) is 25.0 Å². The van der Waals surface area contributed by atoms with Crippen molar-refractivity contribution in [2.75, 3.05) is 19.6 Å². The number of aromatic nitrogens is 3. The van der Waals surface area contributed by atoms with E-state index in [1.807, 2.05) is 40.1 Å². The Morgan fingerprint density at radius 3 is 2.40 bits per heavy atom. The molecule has 3 aromatic rings. The van der Waals surface area contributed by atoms with Crippen LogP contribution in [-0.2, 0) is 0 Å². The molecule has 30 heavy (non-hydrogen) atoms. The normalized spacial score (nSPS) is 22.7. The Hall–Kier alpha value is -3.61. The summed E-state index contributed by atoms with van der Waals surface area (Å²) in [5.41, 5.74) is 2.09. The van der Waals surface area contributed by atoms with Gasteiger partial charge in [0, 0.05) is 37.7 Å². The van der Waals surface area contributed by atoms with E-state index in [0.29, 0.717) is 30.9 Å². The minimum absolute atomic E-state index is 0.0336. The number of hydrogen-bond acceptors (Lipinski definition) is 5. The summed E-state index contributed by atoms with van der Waals surface area (Å²) in [6.45, 7) is 1.84. The first-order valence-corrected chi connectivity index (χ1v) is 10.1. The van der Waals surface area contributed by atoms with Crippen molar-refractivity contribution >= 4 is 11.8 Å². The first-order chi connectivity index (χ1) is 14.7. The maximum absolute atomic E-state index is 13.3. The molecule has 2 saturated heterocycles. The van der Waals surface area contributed by atoms with Crippen molar-refractivity contribution in [3.05, 3.63) is 90.0 Å². The summed E-state index contributed by atoms with van der Waals surface area (Å²) in [5, 5.41) is 7.57. The number of carbonyl (C=O) groups is 2. The van der Waals surface area contributed by atoms with E-state index in [1.54, 1.807) is 18.3 Å². The molecule has 2 amide bonds. The molecule has 7 heteroatoms. The van der Waals surface area contributed by atoms with Crippen LogP contribution in [0, 0.1) is 11.8 Å². The van der Waals surface area contributed by atoms with Crippen LogP contribution in [0.2, 0.25) is 0 Å². The van der Waals surface area contributed by atoms with Gasteiger partial charge >= 0.3 is 0 Å². The number of rotatable bonds is 3. The Bertz CT molecular complexity index is 1040. The third-order valence-electron chi connectivity index (χ3n) is 6.07. The van der Waals surface area contributed by atoms with Crippen molar-refractivity contribution in [1.29, 1.82) is 0 Å². The summed E-state index contributed by atoms with van der Waals surface area (Å²) in [7, 11) is 0. The highest BCUT2D eigenvalue weighted by molar-refractivity contribution is 5.94. The topological polar surface area (TPSA) is 79.3 Å². The number of fused-ring (bicyclic) bond motifs is 1. The zero-order chi connectivity index (χ0) is 20.5. The second-order valence-electron chi connectivity index (χ2n) is 7.79. The molecule has 0 N–H and O–H groups in total. The van der Waals surface area contributed by atoms with Crippen molar-refractivity contribution in [3.8, 4) is 0 Å². The summed E-state index contributed by atoms with van der Waals surface area (Å²) in [4.78, 5) is 34.3. The standard InChI is InChI=1S/C23H21N5O2/c29-22(17-9-11-25-26-12-17)27-13-18-14-28(23(30)20-8-4-5-10-24-20)21(19(18)15-27)16-6-2-1-3-7-16/h1-12,18-19,21H,13-15H2/t18-,19-,21+/m0/s1. The Labute approximate surface area is 174 Å². The van der Waals surface area contributed by atoms with E-state index in [9.17, 15) is 9.59 Å². The van der Waals surface area contributed by atoms with Crippen molar-refractivity contribution in [2.45, 2.75) is 6.04 Å². The number of pyridine rings is 1. The lowest BCUT2D eigenvalue weighted by Crippen LogP contribution is -2.37. The van der Waals surface area contributed by atoms with Crippen LogP contribution in [0.25, 0.3) is 0 Å². The number of benzene rings is 1. The number of hydrogen-bond donors (Lipinski definition) is 0. The molecule has 0 bridgehead atoms. The summed E-state index contributed by atoms with van der Waals surface area (Å²) in [6, 6.07) is 17.1. The minimum Gasteiger partial charge on any atom is -0.338 e. The SMILES string of the molecule is O=C(c1ccnnc1)N1C[C@H]2CN(C(=O)c3ccccn3)[C@H](c3ccccc3)[C@H]2C1. The van der Waals surface area contributed by atoms with E-state index in [-0.39, 0.29) is 29.7 Å². The molecule has 2 aromatic heterocycles. The van der Waals surface area contributed by atoms with Gasteiger partial charge in [-0.15, -0.1) is 0 Å². The van der Waals surface area contributed by atoms with Gasteiger partial charge in [0.1, 0.15) is 5.69 Å². The van der Waals surface area contributed by atoms with E-state index in [2.05, 4.69) is 27.3 Å². The van der Waals surface area contributed by atoms with Crippen LogP contribution < -0.4 is 0 Å². The van der Waals surface area contributed by atoms with E-state index < -0.39 is 0 Å². The van der Waals surface area contributed by atoms with Gasteiger partial charge in [0.2, 0.25) is 0 Å². The van der Waals surface area contributed by atoms with Crippen molar-refractivity contribution < 1.29 is 9.59 Å². The van der Waals surface area contributed by atoms with Gasteiger partial charge in [-0.25, -0.2) is 0 Å². The van der Waals surface area contributed by atoms with Crippen LogP contribution in [-0.4, -0.2) is 56.4 Å². The molecule has 7 nitrogen and oxygen atoms in total. The Morgan fingerprint density at radius 2 is 1.67 bits per heavy atom. The van der Waals surface area contributed by atoms with Crippen LogP contribution in [0.5, 0.6) is 0 Å². The van der Waals surface area contributed by atoms with Gasteiger partial charge < -0.3 is 9.80 Å². The van der Waals surface area contributed by atoms with E-state index in [4.69, 9.17) is 0 Å². The second kappa shape index (κ2) is 7.67. The highest BCUT2D eigenvalue weighted by Crippen LogP contribution is 2.45. The predicted octanol–water partition coefficient (Wildman–Crippen LogP) is 2.46. The molecular formula is C23H21N5O2. The molecular weight excluding hydrogens is 378 g/mol. The summed E-state index contributed by atoms with van der Waals surface area (Å²) in [5.74, 6) is 0.309. The Morgan fingerprint density at radius 1 is 0.833 bits per heavy atom. The Kier molecular flexibility index (Phi) is 4.71. The van der Waals surface area contributed by atoms with Crippen LogP contribution in [0.4, 0.5) is 0 Å². The molecule has 4 heterocycles. The molecule has 0 aliphatic carbocycles. The largest absolute Gasteiger partial charge is 0.338 e. The maximum atomic E-state index is 13.3. The molecule has 2 aliphatic heterocycles. The molecule has 0 unspecified atom stereocenters. The van der Waals surface area contributed by atoms with Crippen LogP contribution in [0.3, 0.4) is 0 Å². The lowest BCUT2D eigenvalue weighted by molar-refractivity contribution is 0.0672. The number of carbonyl (C=O) groups excluding carboxylic acids is 2. The molecule has 2 fully saturated rings. The molecule has 0 saturated carbocycles. The van der Waals surface area contributed by atoms with E-state index in [1.165, 1.54) is 12.4 Å². The highest BCUT2D eigenvalue weighted by atomic mass is 16.2. The monoisotopic (exact) mass is 399 g/mol. The Balaban J connectivity index is 1.44. The molecule has 5 rings (SSSR count). The fourth-order valence-electron chi connectivity index (χ4n) is 4.73. The third-order valence-corrected chi connectivity index (χ3v) is 6.07. The highest BCUT2D eigenvalue weighted by Gasteiger charge is 2.50. The lowest BCUT2D eigenvalue weighted by Gasteiger charge is -2.30. The van der Waals surface area contributed by atoms with Crippen molar-refractivity contribution in [3.63, 3.8) is 0 Å². The fraction of sp³-hybridized carbons (Fsp3) is 0.261. The van der Waals surface area contributed by atoms with Gasteiger partial charge in [0.05, 0.1) is 24.0 Å². The molecule has 2 aliphatic rings. The molecule has 1 aromatic carbocycles. The van der Waals surface area contributed by atoms with Gasteiger partial charge in [-0.3, -0.25) is 14.6 Å². The van der Waals surface area contributed by atoms with Crippen LogP contribution in [0.1, 0.15) is 32.5 Å². The quantitative estimate of drug-likeness (QED) is 0.676. The molecule has 0 radical (unpaired) electrons. The van der Waals surface area contributed by atoms with Gasteiger partial charge in [-0.05, 0) is 23.8 Å². The molecule has 3 atom stereocenters. The maximum Gasteiger partial charge on any atom is 0.272 e. The minimum atomic E-state index is -0.0842. The number of amides is 2. The smallest absolute Gasteiger partial charge is 0.272 e. The number of nitrogens with zero attached hydrogens (tertiary/aromatic N) is 5. The molecule has 0 spiro atoms. The van der Waals surface area contributed by atoms with Gasteiger partial charge in [0.15, 0.2) is 0 Å². The van der Waals surface area contributed by atoms with E-state index >= 15 is 0 Å². The van der Waals surface area contributed by atoms with Crippen LogP contribution >= 0.6 is 0 Å². The first-order valence-electron chi connectivity index (χ1n) is 10.1. The summed E-state index contributed by atoms with van der Waals surface area (Å²) >= 11 is 0. The second-order valence-corrected chi connectivity index (χ2v) is 7.79. The van der Waals surface area contributed by atoms with Gasteiger partial charge in [-0.2, -0.15) is 10.2 Å². The average molecular weight is 399 g/mol. The average Bonchev–Trinajstić information content (AvgIpc) is 3.38. The lowest BCUT2D eigenvalue weighted by atomic mass is 9.89. The van der Waals surface area contributed by atoms with Gasteiger partial charge in [-0.1, -0.05) is 36.4 Å². The zero-order valence-electron chi connectivity index (χ0n) is 16.3. The predicted molar refractivity (Wildman–Crippen MR) is 109 cm³/mol. The number of likely N-dealkylation sites (tertiary alicyclic amines) is 2. The zero-order valence-corrected chi connectivity index (χ0v) is 16.3.